The highest BCUT2D eigenvalue weighted by Crippen LogP contribution is 2.44. The summed E-state index contributed by atoms with van der Waals surface area (Å²) in [6, 6.07) is 17.9. The van der Waals surface area contributed by atoms with Gasteiger partial charge < -0.3 is 24.7 Å². The highest BCUT2D eigenvalue weighted by atomic mass is 16.5. The molecule has 5 rings (SSSR count). The Balaban J connectivity index is 1.72. The maximum absolute atomic E-state index is 13.5. The Bertz CT molecular complexity index is 1520. The van der Waals surface area contributed by atoms with Crippen molar-refractivity contribution < 1.29 is 29.3 Å². The van der Waals surface area contributed by atoms with Crippen LogP contribution in [0.1, 0.15) is 31.0 Å². The fraction of sp³-hybridized carbons (Fsp3) is 0.172. The van der Waals surface area contributed by atoms with E-state index in [1.54, 1.807) is 49.5 Å². The number of rotatable bonds is 7. The molecule has 1 amide bonds. The highest BCUT2D eigenvalue weighted by molar-refractivity contribution is 6.51. The van der Waals surface area contributed by atoms with Crippen LogP contribution in [0.4, 0.5) is 5.69 Å². The van der Waals surface area contributed by atoms with Gasteiger partial charge in [-0.3, -0.25) is 14.5 Å². The van der Waals surface area contributed by atoms with Crippen LogP contribution < -0.4 is 14.4 Å². The molecule has 188 valence electrons. The molecule has 1 saturated heterocycles. The summed E-state index contributed by atoms with van der Waals surface area (Å²) in [5, 5.41) is 22.5. The highest BCUT2D eigenvalue weighted by Gasteiger charge is 2.47. The van der Waals surface area contributed by atoms with Crippen molar-refractivity contribution in [2.75, 3.05) is 18.1 Å². The number of H-pyrrole nitrogens is 1. The molecule has 1 aliphatic heterocycles. The van der Waals surface area contributed by atoms with E-state index in [9.17, 15) is 19.8 Å². The van der Waals surface area contributed by atoms with Gasteiger partial charge in [0.2, 0.25) is 0 Å². The number of aliphatic hydroxyl groups excluding tert-OH is 1. The summed E-state index contributed by atoms with van der Waals surface area (Å²) < 4.78 is 11.1. The van der Waals surface area contributed by atoms with Gasteiger partial charge in [-0.1, -0.05) is 24.3 Å². The first kappa shape index (κ1) is 24.0. The first-order chi connectivity index (χ1) is 17.9. The number of benzene rings is 3. The third-order valence-corrected chi connectivity index (χ3v) is 6.31. The molecule has 37 heavy (non-hydrogen) atoms. The van der Waals surface area contributed by atoms with Gasteiger partial charge in [0, 0.05) is 28.4 Å². The number of hydrogen-bond donors (Lipinski definition) is 3. The minimum Gasteiger partial charge on any atom is -0.507 e. The Labute approximate surface area is 213 Å². The summed E-state index contributed by atoms with van der Waals surface area (Å²) in [6.45, 7) is 4.46. The number of aliphatic hydroxyl groups is 1. The Morgan fingerprint density at radius 1 is 0.973 bits per heavy atom. The summed E-state index contributed by atoms with van der Waals surface area (Å²) in [5.74, 6) is -1.11. The fourth-order valence-electron chi connectivity index (χ4n) is 4.67. The molecular formula is C29H26N2O6. The molecule has 1 unspecified atom stereocenters. The molecule has 0 bridgehead atoms. The van der Waals surface area contributed by atoms with E-state index >= 15 is 0 Å². The Kier molecular flexibility index (Phi) is 6.31. The number of aromatic hydroxyl groups is 1. The molecule has 1 aromatic heterocycles. The molecule has 3 aromatic carbocycles. The van der Waals surface area contributed by atoms with Gasteiger partial charge in [-0.05, 0) is 61.9 Å². The molecule has 1 fully saturated rings. The summed E-state index contributed by atoms with van der Waals surface area (Å²) >= 11 is 0. The molecule has 8 heteroatoms. The van der Waals surface area contributed by atoms with E-state index in [1.165, 1.54) is 11.0 Å². The van der Waals surface area contributed by atoms with Gasteiger partial charge >= 0.3 is 0 Å². The van der Waals surface area contributed by atoms with Gasteiger partial charge in [0.15, 0.2) is 11.5 Å². The lowest BCUT2D eigenvalue weighted by Crippen LogP contribution is -2.29. The van der Waals surface area contributed by atoms with Crippen LogP contribution in [0.2, 0.25) is 0 Å². The number of anilines is 1. The lowest BCUT2D eigenvalue weighted by atomic mass is 9.94. The van der Waals surface area contributed by atoms with Crippen molar-refractivity contribution in [1.82, 2.24) is 4.98 Å². The Morgan fingerprint density at radius 3 is 2.43 bits per heavy atom. The summed E-state index contributed by atoms with van der Waals surface area (Å²) in [5.41, 5.74) is 2.09. The van der Waals surface area contributed by atoms with Crippen LogP contribution in [0.25, 0.3) is 16.7 Å². The number of para-hydroxylation sites is 1. The number of aromatic amines is 1. The van der Waals surface area contributed by atoms with Gasteiger partial charge in [0.25, 0.3) is 11.7 Å². The second-order valence-corrected chi connectivity index (χ2v) is 8.50. The van der Waals surface area contributed by atoms with Gasteiger partial charge in [0.1, 0.15) is 11.5 Å². The molecule has 8 nitrogen and oxygen atoms in total. The quantitative estimate of drug-likeness (QED) is 0.181. The number of nitrogens with one attached hydrogen (secondary N) is 1. The molecule has 0 spiro atoms. The molecule has 4 aromatic rings. The molecule has 0 saturated carbocycles. The van der Waals surface area contributed by atoms with Gasteiger partial charge in [-0.15, -0.1) is 0 Å². The van der Waals surface area contributed by atoms with Crippen LogP contribution in [0, 0.1) is 0 Å². The average molecular weight is 499 g/mol. The monoisotopic (exact) mass is 498 g/mol. The van der Waals surface area contributed by atoms with Gasteiger partial charge in [0.05, 0.1) is 24.8 Å². The lowest BCUT2D eigenvalue weighted by Gasteiger charge is -2.26. The van der Waals surface area contributed by atoms with Gasteiger partial charge in [-0.2, -0.15) is 0 Å². The normalized spacial score (nSPS) is 16.9. The van der Waals surface area contributed by atoms with Crippen molar-refractivity contribution in [1.29, 1.82) is 0 Å². The van der Waals surface area contributed by atoms with Crippen LogP contribution in [0.3, 0.4) is 0 Å². The smallest absolute Gasteiger partial charge is 0.300 e. The van der Waals surface area contributed by atoms with E-state index in [0.29, 0.717) is 41.2 Å². The van der Waals surface area contributed by atoms with E-state index < -0.39 is 17.7 Å². The fourth-order valence-corrected chi connectivity index (χ4v) is 4.67. The summed E-state index contributed by atoms with van der Waals surface area (Å²) in [6.07, 6.45) is 1.61. The molecule has 3 N–H and O–H groups in total. The molecule has 2 heterocycles. The van der Waals surface area contributed by atoms with Crippen molar-refractivity contribution in [2.24, 2.45) is 0 Å². The second-order valence-electron chi connectivity index (χ2n) is 8.50. The first-order valence-corrected chi connectivity index (χ1v) is 12.0. The lowest BCUT2D eigenvalue weighted by molar-refractivity contribution is -0.132. The molecule has 0 radical (unpaired) electrons. The predicted molar refractivity (Wildman–Crippen MR) is 140 cm³/mol. The zero-order chi connectivity index (χ0) is 26.1. The largest absolute Gasteiger partial charge is 0.507 e. The number of ketones is 1. The average Bonchev–Trinajstić information content (AvgIpc) is 3.45. The maximum Gasteiger partial charge on any atom is 0.300 e. The van der Waals surface area contributed by atoms with E-state index in [0.717, 1.165) is 5.52 Å². The first-order valence-electron chi connectivity index (χ1n) is 12.0. The third kappa shape index (κ3) is 4.16. The van der Waals surface area contributed by atoms with Crippen LogP contribution in [-0.2, 0) is 9.59 Å². The van der Waals surface area contributed by atoms with Gasteiger partial charge in [-0.25, -0.2) is 0 Å². The van der Waals surface area contributed by atoms with Crippen LogP contribution in [0.15, 0.2) is 78.5 Å². The van der Waals surface area contributed by atoms with Crippen LogP contribution >= 0.6 is 0 Å². The minimum absolute atomic E-state index is 0.0585. The molecule has 1 aliphatic rings. The Hall–Kier alpha value is -4.72. The number of phenolic OH excluding ortho intramolecular Hbond substituents is 1. The molecule has 1 atom stereocenters. The topological polar surface area (TPSA) is 112 Å². The van der Waals surface area contributed by atoms with Crippen molar-refractivity contribution in [3.8, 4) is 17.2 Å². The SMILES string of the molecule is CCOc1ccc(N2C(=O)C(=O)/C(=C(\O)c3c[nH]c4ccccc34)C2c2ccc(O)c(OCC)c2)cc1. The predicted octanol–water partition coefficient (Wildman–Crippen LogP) is 5.30. The maximum atomic E-state index is 13.5. The van der Waals surface area contributed by atoms with E-state index in [1.807, 2.05) is 31.2 Å². The molecule has 0 aliphatic carbocycles. The zero-order valence-electron chi connectivity index (χ0n) is 20.4. The number of fused-ring (bicyclic) bond motifs is 1. The number of carbonyl (C=O) groups excluding carboxylic acids is 2. The van der Waals surface area contributed by atoms with Crippen LogP contribution in [-0.4, -0.2) is 40.1 Å². The van der Waals surface area contributed by atoms with E-state index in [-0.39, 0.29) is 22.8 Å². The van der Waals surface area contributed by atoms with Crippen molar-refractivity contribution >= 4 is 34.0 Å². The van der Waals surface area contributed by atoms with Crippen molar-refractivity contribution in [2.45, 2.75) is 19.9 Å². The van der Waals surface area contributed by atoms with E-state index in [4.69, 9.17) is 9.47 Å². The number of phenols is 1. The summed E-state index contributed by atoms with van der Waals surface area (Å²) in [4.78, 5) is 31.3. The second kappa shape index (κ2) is 9.73. The molecular weight excluding hydrogens is 472 g/mol. The zero-order valence-corrected chi connectivity index (χ0v) is 20.4. The number of carbonyl (C=O) groups is 2. The summed E-state index contributed by atoms with van der Waals surface area (Å²) in [7, 11) is 0. The van der Waals surface area contributed by atoms with Crippen molar-refractivity contribution in [3.63, 3.8) is 0 Å². The van der Waals surface area contributed by atoms with Crippen LogP contribution in [0.5, 0.6) is 17.2 Å². The number of ether oxygens (including phenoxy) is 2. The number of hydrogen-bond acceptors (Lipinski definition) is 6. The standard InChI is InChI=1S/C29H26N2O6/c1-3-36-19-12-10-18(11-13-19)31-26(17-9-14-23(32)24(15-17)37-4-2)25(28(34)29(31)35)27(33)21-16-30-22-8-6-5-7-20(21)22/h5-16,26,30,32-33H,3-4H2,1-2H3/b27-25-. The number of Topliss-reactive ketones (excluding diaryl/α,β-unsaturated/α-hetero) is 1. The van der Waals surface area contributed by atoms with E-state index in [2.05, 4.69) is 4.98 Å². The third-order valence-electron chi connectivity index (χ3n) is 6.31. The minimum atomic E-state index is -0.966. The van der Waals surface area contributed by atoms with Crippen molar-refractivity contribution in [3.05, 3.63) is 89.6 Å². The Morgan fingerprint density at radius 2 is 1.70 bits per heavy atom. The number of amides is 1. The number of aromatic nitrogens is 1. The number of nitrogens with zero attached hydrogens (tertiary/aromatic N) is 1.